The molecule has 0 spiro atoms. The summed E-state index contributed by atoms with van der Waals surface area (Å²) in [4.78, 5) is 4.30. The fourth-order valence-electron chi connectivity index (χ4n) is 1.86. The molecule has 0 bridgehead atoms. The van der Waals surface area contributed by atoms with Crippen molar-refractivity contribution in [3.8, 4) is 11.4 Å². The highest BCUT2D eigenvalue weighted by Crippen LogP contribution is 2.28. The molecule has 21 heavy (non-hydrogen) atoms. The minimum Gasteiger partial charge on any atom is -0.337 e. The lowest BCUT2D eigenvalue weighted by molar-refractivity contribution is 0.367. The van der Waals surface area contributed by atoms with Crippen LogP contribution in [-0.4, -0.2) is 19.9 Å². The molecule has 0 fully saturated rings. The Balaban J connectivity index is 1.90. The second kappa shape index (κ2) is 5.48. The van der Waals surface area contributed by atoms with E-state index in [1.54, 1.807) is 35.3 Å². The summed E-state index contributed by atoms with van der Waals surface area (Å²) in [7, 11) is 1.81. The summed E-state index contributed by atoms with van der Waals surface area (Å²) in [5, 5.41) is 8.88. The van der Waals surface area contributed by atoms with Gasteiger partial charge < -0.3 is 10.3 Å². The molecule has 0 aliphatic carbocycles. The van der Waals surface area contributed by atoms with Crippen LogP contribution in [0, 0.1) is 0 Å². The first-order valence-electron chi connectivity index (χ1n) is 6.08. The van der Waals surface area contributed by atoms with Crippen molar-refractivity contribution in [1.29, 1.82) is 0 Å². The first kappa shape index (κ1) is 14.1. The lowest BCUT2D eigenvalue weighted by Gasteiger charge is -2.01. The van der Waals surface area contributed by atoms with Gasteiger partial charge in [-0.25, -0.2) is 0 Å². The van der Waals surface area contributed by atoms with Gasteiger partial charge in [0.15, 0.2) is 0 Å². The Bertz CT molecular complexity index is 782. The predicted octanol–water partition coefficient (Wildman–Crippen LogP) is 2.83. The van der Waals surface area contributed by atoms with Gasteiger partial charge in [0.2, 0.25) is 11.7 Å². The fourth-order valence-corrected chi connectivity index (χ4v) is 2.16. The molecular weight excluding hydrogens is 313 g/mol. The molecule has 108 valence electrons. The SMILES string of the molecule is Cn1cc(C(N)c2nc(-c3ccc(Cl)c(Cl)c3)no2)cn1. The molecule has 0 amide bonds. The summed E-state index contributed by atoms with van der Waals surface area (Å²) in [5.74, 6) is 0.715. The number of hydrogen-bond donors (Lipinski definition) is 1. The number of aryl methyl sites for hydroxylation is 1. The van der Waals surface area contributed by atoms with E-state index in [4.69, 9.17) is 33.5 Å². The van der Waals surface area contributed by atoms with Crippen LogP contribution in [0.3, 0.4) is 0 Å². The van der Waals surface area contributed by atoms with Crippen LogP contribution in [0.1, 0.15) is 17.5 Å². The Hall–Kier alpha value is -1.89. The molecule has 0 saturated heterocycles. The zero-order valence-electron chi connectivity index (χ0n) is 11.0. The summed E-state index contributed by atoms with van der Waals surface area (Å²) >= 11 is 11.9. The van der Waals surface area contributed by atoms with Crippen molar-refractivity contribution in [2.24, 2.45) is 12.8 Å². The monoisotopic (exact) mass is 323 g/mol. The number of hydrogen-bond acceptors (Lipinski definition) is 5. The quantitative estimate of drug-likeness (QED) is 0.801. The van der Waals surface area contributed by atoms with Crippen molar-refractivity contribution >= 4 is 23.2 Å². The molecule has 2 heterocycles. The van der Waals surface area contributed by atoms with Crippen LogP contribution in [0.25, 0.3) is 11.4 Å². The molecule has 0 aliphatic heterocycles. The Labute approximate surface area is 130 Å². The zero-order chi connectivity index (χ0) is 15.0. The number of nitrogens with two attached hydrogens (primary N) is 1. The Morgan fingerprint density at radius 1 is 1.29 bits per heavy atom. The Kier molecular flexibility index (Phi) is 3.67. The van der Waals surface area contributed by atoms with Gasteiger partial charge >= 0.3 is 0 Å². The van der Waals surface area contributed by atoms with Crippen LogP contribution in [0.2, 0.25) is 10.0 Å². The third kappa shape index (κ3) is 2.78. The predicted molar refractivity (Wildman–Crippen MR) is 79.0 cm³/mol. The van der Waals surface area contributed by atoms with Gasteiger partial charge in [-0.05, 0) is 18.2 Å². The van der Waals surface area contributed by atoms with Gasteiger partial charge in [0.05, 0.1) is 16.2 Å². The van der Waals surface area contributed by atoms with Gasteiger partial charge in [0, 0.05) is 24.4 Å². The Morgan fingerprint density at radius 2 is 2.10 bits per heavy atom. The molecule has 3 aromatic rings. The maximum absolute atomic E-state index is 6.08. The molecule has 1 aromatic carbocycles. The van der Waals surface area contributed by atoms with Gasteiger partial charge in [0.1, 0.15) is 6.04 Å². The molecule has 2 N–H and O–H groups in total. The summed E-state index contributed by atoms with van der Waals surface area (Å²) in [6.07, 6.45) is 3.46. The van der Waals surface area contributed by atoms with E-state index >= 15 is 0 Å². The highest BCUT2D eigenvalue weighted by Gasteiger charge is 2.19. The molecule has 3 rings (SSSR count). The van der Waals surface area contributed by atoms with Crippen LogP contribution in [0.5, 0.6) is 0 Å². The maximum Gasteiger partial charge on any atom is 0.248 e. The van der Waals surface area contributed by atoms with Gasteiger partial charge in [-0.15, -0.1) is 0 Å². The fraction of sp³-hybridized carbons (Fsp3) is 0.154. The third-order valence-electron chi connectivity index (χ3n) is 2.97. The smallest absolute Gasteiger partial charge is 0.248 e. The molecule has 1 unspecified atom stereocenters. The van der Waals surface area contributed by atoms with Gasteiger partial charge in [0.25, 0.3) is 0 Å². The summed E-state index contributed by atoms with van der Waals surface area (Å²) < 4.78 is 6.87. The van der Waals surface area contributed by atoms with Crippen LogP contribution in [0.15, 0.2) is 35.1 Å². The highest BCUT2D eigenvalue weighted by molar-refractivity contribution is 6.42. The molecule has 0 radical (unpaired) electrons. The van der Waals surface area contributed by atoms with Gasteiger partial charge in [-0.3, -0.25) is 4.68 Å². The summed E-state index contributed by atoms with van der Waals surface area (Å²) in [5.41, 5.74) is 7.58. The number of aromatic nitrogens is 4. The van der Waals surface area contributed by atoms with Crippen LogP contribution in [0.4, 0.5) is 0 Å². The van der Waals surface area contributed by atoms with Crippen molar-refractivity contribution in [3.63, 3.8) is 0 Å². The van der Waals surface area contributed by atoms with Gasteiger partial charge in [-0.2, -0.15) is 10.1 Å². The standard InChI is InChI=1S/C13H11Cl2N5O/c1-20-6-8(5-17-20)11(16)13-18-12(19-21-13)7-2-3-9(14)10(15)4-7/h2-6,11H,16H2,1H3. The van der Waals surface area contributed by atoms with E-state index in [1.807, 2.05) is 7.05 Å². The van der Waals surface area contributed by atoms with E-state index in [0.29, 0.717) is 27.3 Å². The summed E-state index contributed by atoms with van der Waals surface area (Å²) in [6.45, 7) is 0. The maximum atomic E-state index is 6.08. The average molecular weight is 324 g/mol. The van der Waals surface area contributed by atoms with E-state index in [1.165, 1.54) is 0 Å². The Morgan fingerprint density at radius 3 is 2.76 bits per heavy atom. The first-order valence-corrected chi connectivity index (χ1v) is 6.83. The molecular formula is C13H11Cl2N5O. The highest BCUT2D eigenvalue weighted by atomic mass is 35.5. The number of rotatable bonds is 3. The summed E-state index contributed by atoms with van der Waals surface area (Å²) in [6, 6.07) is 4.59. The number of halogens is 2. The molecule has 6 nitrogen and oxygen atoms in total. The molecule has 1 atom stereocenters. The minimum absolute atomic E-state index is 0.309. The van der Waals surface area contributed by atoms with Crippen LogP contribution < -0.4 is 5.73 Å². The van der Waals surface area contributed by atoms with E-state index < -0.39 is 6.04 Å². The topological polar surface area (TPSA) is 82.8 Å². The lowest BCUT2D eigenvalue weighted by atomic mass is 10.2. The second-order valence-corrected chi connectivity index (χ2v) is 5.32. The second-order valence-electron chi connectivity index (χ2n) is 4.51. The zero-order valence-corrected chi connectivity index (χ0v) is 12.5. The first-order chi connectivity index (χ1) is 10.0. The van der Waals surface area contributed by atoms with E-state index in [-0.39, 0.29) is 0 Å². The van der Waals surface area contributed by atoms with Crippen molar-refractivity contribution in [1.82, 2.24) is 19.9 Å². The molecule has 0 saturated carbocycles. The van der Waals surface area contributed by atoms with E-state index in [2.05, 4.69) is 15.2 Å². The van der Waals surface area contributed by atoms with Crippen molar-refractivity contribution in [2.45, 2.75) is 6.04 Å². The molecule has 0 aliphatic rings. The van der Waals surface area contributed by atoms with Crippen LogP contribution >= 0.6 is 23.2 Å². The minimum atomic E-state index is -0.525. The van der Waals surface area contributed by atoms with Crippen molar-refractivity contribution < 1.29 is 4.52 Å². The van der Waals surface area contributed by atoms with Crippen molar-refractivity contribution in [3.05, 3.63) is 52.1 Å². The third-order valence-corrected chi connectivity index (χ3v) is 3.71. The average Bonchev–Trinajstić information content (AvgIpc) is 3.10. The van der Waals surface area contributed by atoms with E-state index in [9.17, 15) is 0 Å². The van der Waals surface area contributed by atoms with Gasteiger partial charge in [-0.1, -0.05) is 28.4 Å². The number of nitrogens with zero attached hydrogens (tertiary/aromatic N) is 4. The number of benzene rings is 1. The largest absolute Gasteiger partial charge is 0.337 e. The van der Waals surface area contributed by atoms with Crippen molar-refractivity contribution in [2.75, 3.05) is 0 Å². The van der Waals surface area contributed by atoms with E-state index in [0.717, 1.165) is 5.56 Å². The van der Waals surface area contributed by atoms with Crippen LogP contribution in [-0.2, 0) is 7.05 Å². The normalized spacial score (nSPS) is 12.6. The molecule has 8 heteroatoms. The molecule has 2 aromatic heterocycles. The lowest BCUT2D eigenvalue weighted by Crippen LogP contribution is -2.11.